The molecule has 0 aliphatic carbocycles. The Hall–Kier alpha value is -2.87. The van der Waals surface area contributed by atoms with Crippen molar-refractivity contribution < 1.29 is 0 Å². The van der Waals surface area contributed by atoms with Gasteiger partial charge in [0, 0.05) is 12.1 Å². The van der Waals surface area contributed by atoms with E-state index in [0.717, 1.165) is 24.3 Å². The van der Waals surface area contributed by atoms with Crippen molar-refractivity contribution in [2.45, 2.75) is 19.9 Å². The molecule has 4 rings (SSSR count). The average Bonchev–Trinajstić information content (AvgIpc) is 2.99. The number of aromatic nitrogens is 2. The Morgan fingerprint density at radius 1 is 0.833 bits per heavy atom. The molecule has 0 aliphatic rings. The molecule has 3 aromatic carbocycles. The first-order valence-corrected chi connectivity index (χ1v) is 8.37. The highest BCUT2D eigenvalue weighted by Crippen LogP contribution is 2.25. The highest BCUT2D eigenvalue weighted by atomic mass is 15.1. The van der Waals surface area contributed by atoms with Gasteiger partial charge in [-0.05, 0) is 37.1 Å². The van der Waals surface area contributed by atoms with Gasteiger partial charge in [0.2, 0.25) is 0 Å². The third-order valence-electron chi connectivity index (χ3n) is 4.40. The van der Waals surface area contributed by atoms with Gasteiger partial charge in [0.15, 0.2) is 0 Å². The third-order valence-corrected chi connectivity index (χ3v) is 4.40. The lowest BCUT2D eigenvalue weighted by molar-refractivity contribution is 0.723. The molecule has 0 saturated carbocycles. The van der Waals surface area contributed by atoms with E-state index in [1.54, 1.807) is 0 Å². The molecule has 1 heterocycles. The lowest BCUT2D eigenvalue weighted by Crippen LogP contribution is -2.03. The van der Waals surface area contributed by atoms with Crippen molar-refractivity contribution in [1.82, 2.24) is 9.55 Å². The van der Waals surface area contributed by atoms with E-state index in [-0.39, 0.29) is 0 Å². The summed E-state index contributed by atoms with van der Waals surface area (Å²) in [7, 11) is 0. The fourth-order valence-corrected chi connectivity index (χ4v) is 3.19. The Balaban J connectivity index is 1.78. The number of imidazole rings is 1. The lowest BCUT2D eigenvalue weighted by Gasteiger charge is -2.10. The van der Waals surface area contributed by atoms with Crippen LogP contribution in [0, 0.1) is 6.92 Å². The molecular formula is C22H20N2. The molecule has 0 N–H and O–H groups in total. The number of hydrogen-bond donors (Lipinski definition) is 0. The molecule has 0 unspecified atom stereocenters. The van der Waals surface area contributed by atoms with Gasteiger partial charge in [-0.2, -0.15) is 0 Å². The van der Waals surface area contributed by atoms with Crippen LogP contribution in [0.1, 0.15) is 11.1 Å². The highest BCUT2D eigenvalue weighted by molar-refractivity contribution is 5.80. The second kappa shape index (κ2) is 6.32. The summed E-state index contributed by atoms with van der Waals surface area (Å²) in [6, 6.07) is 27.6. The number of rotatable bonds is 4. The zero-order valence-electron chi connectivity index (χ0n) is 13.8. The van der Waals surface area contributed by atoms with Crippen LogP contribution < -0.4 is 0 Å². The van der Waals surface area contributed by atoms with Crippen molar-refractivity contribution in [2.75, 3.05) is 0 Å². The fraction of sp³-hybridized carbons (Fsp3) is 0.136. The predicted octanol–water partition coefficient (Wildman–Crippen LogP) is 5.25. The first-order chi connectivity index (χ1) is 11.8. The van der Waals surface area contributed by atoms with Crippen LogP contribution in [0.3, 0.4) is 0 Å². The maximum Gasteiger partial charge on any atom is 0.141 e. The van der Waals surface area contributed by atoms with E-state index in [1.807, 2.05) is 0 Å². The zero-order chi connectivity index (χ0) is 16.4. The molecule has 0 spiro atoms. The second-order valence-corrected chi connectivity index (χ2v) is 6.18. The van der Waals surface area contributed by atoms with Gasteiger partial charge in [0.05, 0.1) is 11.0 Å². The van der Waals surface area contributed by atoms with Crippen LogP contribution in [-0.4, -0.2) is 9.55 Å². The topological polar surface area (TPSA) is 17.8 Å². The number of para-hydroxylation sites is 2. The monoisotopic (exact) mass is 312 g/mol. The van der Waals surface area contributed by atoms with Crippen molar-refractivity contribution in [3.05, 3.63) is 90.0 Å². The standard InChI is InChI=1S/C22H20N2/c1-17-8-7-11-19(16-17)22-23-20-12-5-6-13-21(20)24(22)15-14-18-9-3-2-4-10-18/h2-13,16H,14-15H2,1H3. The Labute approximate surface area is 142 Å². The summed E-state index contributed by atoms with van der Waals surface area (Å²) in [6.07, 6.45) is 1.00. The van der Waals surface area contributed by atoms with E-state index in [9.17, 15) is 0 Å². The minimum absolute atomic E-state index is 0.924. The highest BCUT2D eigenvalue weighted by Gasteiger charge is 2.12. The number of benzene rings is 3. The Bertz CT molecular complexity index is 968. The molecule has 0 saturated heterocycles. The Kier molecular flexibility index (Phi) is 3.87. The number of fused-ring (bicyclic) bond motifs is 1. The van der Waals surface area contributed by atoms with Gasteiger partial charge in [0.25, 0.3) is 0 Å². The molecule has 4 aromatic rings. The lowest BCUT2D eigenvalue weighted by atomic mass is 10.1. The Morgan fingerprint density at radius 3 is 2.46 bits per heavy atom. The minimum atomic E-state index is 0.924. The average molecular weight is 312 g/mol. The van der Waals surface area contributed by atoms with Crippen LogP contribution in [0.4, 0.5) is 0 Å². The van der Waals surface area contributed by atoms with E-state index >= 15 is 0 Å². The largest absolute Gasteiger partial charge is 0.324 e. The van der Waals surface area contributed by atoms with Crippen LogP contribution in [0.25, 0.3) is 22.4 Å². The smallest absolute Gasteiger partial charge is 0.141 e. The van der Waals surface area contributed by atoms with E-state index < -0.39 is 0 Å². The number of hydrogen-bond acceptors (Lipinski definition) is 1. The van der Waals surface area contributed by atoms with E-state index in [0.29, 0.717) is 0 Å². The first kappa shape index (κ1) is 14.7. The quantitative estimate of drug-likeness (QED) is 0.503. The first-order valence-electron chi connectivity index (χ1n) is 8.37. The number of aryl methyl sites for hydroxylation is 3. The van der Waals surface area contributed by atoms with Crippen molar-refractivity contribution in [1.29, 1.82) is 0 Å². The third kappa shape index (κ3) is 2.83. The molecule has 0 radical (unpaired) electrons. The molecule has 2 nitrogen and oxygen atoms in total. The summed E-state index contributed by atoms with van der Waals surface area (Å²) in [5.74, 6) is 1.05. The van der Waals surface area contributed by atoms with Crippen LogP contribution in [-0.2, 0) is 13.0 Å². The molecule has 1 aromatic heterocycles. The molecule has 0 fully saturated rings. The Morgan fingerprint density at radius 2 is 1.62 bits per heavy atom. The van der Waals surface area contributed by atoms with Crippen molar-refractivity contribution in [2.24, 2.45) is 0 Å². The molecule has 2 heteroatoms. The fourth-order valence-electron chi connectivity index (χ4n) is 3.19. The molecule has 0 aliphatic heterocycles. The SMILES string of the molecule is Cc1cccc(-c2nc3ccccc3n2CCc2ccccc2)c1. The molecule has 118 valence electrons. The van der Waals surface area contributed by atoms with E-state index in [2.05, 4.69) is 90.4 Å². The van der Waals surface area contributed by atoms with Gasteiger partial charge >= 0.3 is 0 Å². The van der Waals surface area contributed by atoms with Gasteiger partial charge in [-0.25, -0.2) is 4.98 Å². The maximum absolute atomic E-state index is 4.90. The van der Waals surface area contributed by atoms with Crippen LogP contribution in [0.5, 0.6) is 0 Å². The van der Waals surface area contributed by atoms with E-state index in [4.69, 9.17) is 4.98 Å². The van der Waals surface area contributed by atoms with Crippen LogP contribution in [0.2, 0.25) is 0 Å². The van der Waals surface area contributed by atoms with Crippen LogP contribution >= 0.6 is 0 Å². The summed E-state index contributed by atoms with van der Waals surface area (Å²) in [4.78, 5) is 4.90. The number of nitrogens with zero attached hydrogens (tertiary/aromatic N) is 2. The predicted molar refractivity (Wildman–Crippen MR) is 100 cm³/mol. The van der Waals surface area contributed by atoms with Gasteiger partial charge < -0.3 is 4.57 Å². The van der Waals surface area contributed by atoms with Crippen molar-refractivity contribution in [3.63, 3.8) is 0 Å². The molecule has 24 heavy (non-hydrogen) atoms. The van der Waals surface area contributed by atoms with Gasteiger partial charge in [-0.15, -0.1) is 0 Å². The van der Waals surface area contributed by atoms with E-state index in [1.165, 1.54) is 22.2 Å². The summed E-state index contributed by atoms with van der Waals surface area (Å²) in [6.45, 7) is 3.05. The maximum atomic E-state index is 4.90. The summed E-state index contributed by atoms with van der Waals surface area (Å²) >= 11 is 0. The van der Waals surface area contributed by atoms with Crippen LogP contribution in [0.15, 0.2) is 78.9 Å². The second-order valence-electron chi connectivity index (χ2n) is 6.18. The molecule has 0 atom stereocenters. The zero-order valence-corrected chi connectivity index (χ0v) is 13.8. The molecular weight excluding hydrogens is 292 g/mol. The van der Waals surface area contributed by atoms with Crippen molar-refractivity contribution >= 4 is 11.0 Å². The summed E-state index contributed by atoms with van der Waals surface area (Å²) < 4.78 is 2.34. The minimum Gasteiger partial charge on any atom is -0.324 e. The van der Waals surface area contributed by atoms with Gasteiger partial charge in [0.1, 0.15) is 5.82 Å². The summed E-state index contributed by atoms with van der Waals surface area (Å²) in [5.41, 5.74) is 6.05. The molecule has 0 amide bonds. The normalized spacial score (nSPS) is 11.0. The summed E-state index contributed by atoms with van der Waals surface area (Å²) in [5, 5.41) is 0. The van der Waals surface area contributed by atoms with Crippen molar-refractivity contribution in [3.8, 4) is 11.4 Å². The van der Waals surface area contributed by atoms with Gasteiger partial charge in [-0.1, -0.05) is 66.2 Å². The molecule has 0 bridgehead atoms. The van der Waals surface area contributed by atoms with Gasteiger partial charge in [-0.3, -0.25) is 0 Å².